The van der Waals surface area contributed by atoms with Gasteiger partial charge < -0.3 is 9.84 Å². The summed E-state index contributed by atoms with van der Waals surface area (Å²) in [6.07, 6.45) is 1.40. The second-order valence-corrected chi connectivity index (χ2v) is 7.82. The number of hydrogen-bond acceptors (Lipinski definition) is 6. The van der Waals surface area contributed by atoms with Crippen LogP contribution < -0.4 is 5.32 Å². The Kier molecular flexibility index (Phi) is 4.44. The summed E-state index contributed by atoms with van der Waals surface area (Å²) in [4.78, 5) is 12.2. The van der Waals surface area contributed by atoms with Crippen LogP contribution in [-0.4, -0.2) is 36.1 Å². The lowest BCUT2D eigenvalue weighted by atomic mass is 9.85. The van der Waals surface area contributed by atoms with Crippen LogP contribution in [0.4, 0.5) is 0 Å². The number of aliphatic hydroxyl groups is 1. The van der Waals surface area contributed by atoms with Crippen molar-refractivity contribution in [1.29, 1.82) is 0 Å². The lowest BCUT2D eigenvalue weighted by Crippen LogP contribution is -2.55. The molecule has 1 aliphatic heterocycles. The van der Waals surface area contributed by atoms with Crippen molar-refractivity contribution in [3.05, 3.63) is 53.9 Å². The van der Waals surface area contributed by atoms with Gasteiger partial charge in [0.25, 0.3) is 10.0 Å². The lowest BCUT2D eigenvalue weighted by molar-refractivity contribution is -0.154. The van der Waals surface area contributed by atoms with Gasteiger partial charge in [0.15, 0.2) is 0 Å². The van der Waals surface area contributed by atoms with E-state index >= 15 is 0 Å². The topological polar surface area (TPSA) is 97.6 Å². The first-order chi connectivity index (χ1) is 11.8. The van der Waals surface area contributed by atoms with Crippen molar-refractivity contribution in [2.24, 2.45) is 0 Å². The van der Waals surface area contributed by atoms with Crippen LogP contribution in [0.5, 0.6) is 0 Å². The van der Waals surface area contributed by atoms with Crippen LogP contribution in [-0.2, 0) is 31.7 Å². The summed E-state index contributed by atoms with van der Waals surface area (Å²) in [6.45, 7) is 3.47. The normalized spacial score (nSPS) is 23.1. The standard InChI is InChI=1S/C17H20N2O5S/c1-3-24-16(20)15-17(2,21)13-9-10-19(14(13)11-18-15)25(22,23)12-7-5-4-6-8-12/h4-10,15,18,21H,3,11H2,1-2H3. The maximum atomic E-state index is 12.9. The van der Waals surface area contributed by atoms with Crippen molar-refractivity contribution < 1.29 is 23.1 Å². The molecule has 1 aliphatic rings. The quantitative estimate of drug-likeness (QED) is 0.785. The third-order valence-electron chi connectivity index (χ3n) is 4.36. The summed E-state index contributed by atoms with van der Waals surface area (Å²) in [5.41, 5.74) is -0.796. The van der Waals surface area contributed by atoms with Crippen molar-refractivity contribution in [2.75, 3.05) is 6.61 Å². The van der Waals surface area contributed by atoms with E-state index in [9.17, 15) is 18.3 Å². The molecule has 0 aliphatic carbocycles. The lowest BCUT2D eigenvalue weighted by Gasteiger charge is -2.36. The van der Waals surface area contributed by atoms with E-state index in [1.807, 2.05) is 0 Å². The molecule has 3 rings (SSSR count). The molecule has 25 heavy (non-hydrogen) atoms. The number of nitrogens with zero attached hydrogens (tertiary/aromatic N) is 1. The fourth-order valence-corrected chi connectivity index (χ4v) is 4.51. The third kappa shape index (κ3) is 2.86. The van der Waals surface area contributed by atoms with E-state index < -0.39 is 27.6 Å². The van der Waals surface area contributed by atoms with Gasteiger partial charge in [0, 0.05) is 18.3 Å². The Morgan fingerprint density at radius 1 is 1.36 bits per heavy atom. The van der Waals surface area contributed by atoms with Crippen LogP contribution in [0.25, 0.3) is 0 Å². The van der Waals surface area contributed by atoms with Crippen molar-refractivity contribution in [2.45, 2.75) is 36.9 Å². The highest BCUT2D eigenvalue weighted by Crippen LogP contribution is 2.34. The average Bonchev–Trinajstić information content (AvgIpc) is 3.02. The number of carbonyl (C=O) groups excluding carboxylic acids is 1. The van der Waals surface area contributed by atoms with Crippen LogP contribution in [0.15, 0.2) is 47.5 Å². The molecule has 0 amide bonds. The second-order valence-electron chi connectivity index (χ2n) is 6.00. The molecular weight excluding hydrogens is 344 g/mol. The maximum Gasteiger partial charge on any atom is 0.326 e. The van der Waals surface area contributed by atoms with Crippen molar-refractivity contribution in [1.82, 2.24) is 9.29 Å². The molecule has 0 saturated carbocycles. The van der Waals surface area contributed by atoms with Gasteiger partial charge in [-0.25, -0.2) is 12.4 Å². The van der Waals surface area contributed by atoms with Gasteiger partial charge in [0.05, 0.1) is 17.2 Å². The molecule has 0 fully saturated rings. The van der Waals surface area contributed by atoms with E-state index in [4.69, 9.17) is 4.74 Å². The molecule has 2 aromatic rings. The number of nitrogens with one attached hydrogen (secondary N) is 1. The van der Waals surface area contributed by atoms with Crippen molar-refractivity contribution in [3.63, 3.8) is 0 Å². The molecule has 2 atom stereocenters. The molecule has 2 unspecified atom stereocenters. The van der Waals surface area contributed by atoms with Crippen molar-refractivity contribution in [3.8, 4) is 0 Å². The first-order valence-corrected chi connectivity index (χ1v) is 9.38. The number of aromatic nitrogens is 1. The van der Waals surface area contributed by atoms with Crippen LogP contribution in [0, 0.1) is 0 Å². The smallest absolute Gasteiger partial charge is 0.326 e. The van der Waals surface area contributed by atoms with Crippen LogP contribution in [0.3, 0.4) is 0 Å². The Labute approximate surface area is 146 Å². The number of rotatable bonds is 4. The number of fused-ring (bicyclic) bond motifs is 1. The monoisotopic (exact) mass is 364 g/mol. The Balaban J connectivity index is 2.04. The summed E-state index contributed by atoms with van der Waals surface area (Å²) in [6, 6.07) is 8.62. The predicted octanol–water partition coefficient (Wildman–Crippen LogP) is 0.967. The predicted molar refractivity (Wildman–Crippen MR) is 90.3 cm³/mol. The fourth-order valence-electron chi connectivity index (χ4n) is 3.10. The first kappa shape index (κ1) is 17.7. The van der Waals surface area contributed by atoms with Gasteiger partial charge in [-0.15, -0.1) is 0 Å². The summed E-state index contributed by atoms with van der Waals surface area (Å²) in [5.74, 6) is -0.572. The van der Waals surface area contributed by atoms with Crippen LogP contribution >= 0.6 is 0 Å². The van der Waals surface area contributed by atoms with E-state index in [2.05, 4.69) is 5.32 Å². The molecule has 0 saturated heterocycles. The van der Waals surface area contributed by atoms with Crippen molar-refractivity contribution >= 4 is 16.0 Å². The van der Waals surface area contributed by atoms with E-state index in [0.717, 1.165) is 3.97 Å². The summed E-state index contributed by atoms with van der Waals surface area (Å²) >= 11 is 0. The van der Waals surface area contributed by atoms with Gasteiger partial charge in [0.2, 0.25) is 0 Å². The molecule has 8 heteroatoms. The second kappa shape index (κ2) is 6.29. The number of esters is 1. The van der Waals surface area contributed by atoms with Gasteiger partial charge in [-0.05, 0) is 32.0 Å². The van der Waals surface area contributed by atoms with E-state index in [1.54, 1.807) is 25.1 Å². The molecule has 0 spiro atoms. The Hall–Kier alpha value is -2.16. The summed E-state index contributed by atoms with van der Waals surface area (Å²) in [7, 11) is -3.79. The SMILES string of the molecule is CCOC(=O)C1NCc2c(ccn2S(=O)(=O)c2ccccc2)C1(C)O. The minimum Gasteiger partial charge on any atom is -0.465 e. The number of ether oxygens (including phenoxy) is 1. The maximum absolute atomic E-state index is 12.9. The van der Waals surface area contributed by atoms with Gasteiger partial charge in [-0.3, -0.25) is 10.1 Å². The fraction of sp³-hybridized carbons (Fsp3) is 0.353. The Morgan fingerprint density at radius 2 is 2.04 bits per heavy atom. The largest absolute Gasteiger partial charge is 0.465 e. The summed E-state index contributed by atoms with van der Waals surface area (Å²) < 4.78 is 31.8. The molecule has 2 N–H and O–H groups in total. The molecule has 2 heterocycles. The van der Waals surface area contributed by atoms with Gasteiger partial charge in [-0.2, -0.15) is 0 Å². The Morgan fingerprint density at radius 3 is 2.68 bits per heavy atom. The summed E-state index contributed by atoms with van der Waals surface area (Å²) in [5, 5.41) is 13.8. The highest BCUT2D eigenvalue weighted by Gasteiger charge is 2.46. The van der Waals surface area contributed by atoms with E-state index in [1.165, 1.54) is 31.3 Å². The molecule has 7 nitrogen and oxygen atoms in total. The molecule has 1 aromatic carbocycles. The zero-order valence-corrected chi connectivity index (χ0v) is 14.8. The molecular formula is C17H20N2O5S. The highest BCUT2D eigenvalue weighted by atomic mass is 32.2. The average molecular weight is 364 g/mol. The van der Waals surface area contributed by atoms with Gasteiger partial charge in [-0.1, -0.05) is 18.2 Å². The number of hydrogen-bond donors (Lipinski definition) is 2. The van der Waals surface area contributed by atoms with Crippen LogP contribution in [0.1, 0.15) is 25.1 Å². The van der Waals surface area contributed by atoms with E-state index in [-0.39, 0.29) is 18.0 Å². The first-order valence-electron chi connectivity index (χ1n) is 7.94. The number of carbonyl (C=O) groups is 1. The zero-order valence-electron chi connectivity index (χ0n) is 14.0. The minimum absolute atomic E-state index is 0.119. The minimum atomic E-state index is -3.79. The Bertz CT molecular complexity index is 887. The molecule has 0 bridgehead atoms. The van der Waals surface area contributed by atoms with Gasteiger partial charge in [0.1, 0.15) is 11.6 Å². The van der Waals surface area contributed by atoms with E-state index in [0.29, 0.717) is 11.3 Å². The zero-order chi connectivity index (χ0) is 18.2. The van der Waals surface area contributed by atoms with Crippen LogP contribution in [0.2, 0.25) is 0 Å². The van der Waals surface area contributed by atoms with Gasteiger partial charge >= 0.3 is 5.97 Å². The molecule has 0 radical (unpaired) electrons. The highest BCUT2D eigenvalue weighted by molar-refractivity contribution is 7.90. The number of benzene rings is 1. The molecule has 134 valence electrons. The molecule has 1 aromatic heterocycles. The third-order valence-corrected chi connectivity index (χ3v) is 6.08.